The van der Waals surface area contributed by atoms with E-state index < -0.39 is 0 Å². The Kier molecular flexibility index (Phi) is 6.14. The second-order valence-corrected chi connectivity index (χ2v) is 7.38. The van der Waals surface area contributed by atoms with Crippen molar-refractivity contribution in [3.05, 3.63) is 35.5 Å². The number of allylic oxidation sites excluding steroid dienone is 1. The molecular weight excluding hydrogens is 366 g/mol. The summed E-state index contributed by atoms with van der Waals surface area (Å²) in [6, 6.07) is 3.96. The Morgan fingerprint density at radius 1 is 1.14 bits per heavy atom. The molecule has 154 valence electrons. The van der Waals surface area contributed by atoms with E-state index >= 15 is 0 Å². The molecule has 0 saturated carbocycles. The maximum absolute atomic E-state index is 6.03. The van der Waals surface area contributed by atoms with Crippen molar-refractivity contribution in [2.24, 2.45) is 0 Å². The minimum absolute atomic E-state index is 0.638. The lowest BCUT2D eigenvalue weighted by Gasteiger charge is -2.16. The largest absolute Gasteiger partial charge is 0.491 e. The number of fused-ring (bicyclic) bond motifs is 1. The van der Waals surface area contributed by atoms with E-state index in [0.29, 0.717) is 23.9 Å². The van der Waals surface area contributed by atoms with Crippen LogP contribution in [-0.2, 0) is 6.42 Å². The van der Waals surface area contributed by atoms with E-state index in [1.807, 2.05) is 13.1 Å². The molecule has 2 aliphatic rings. The molecule has 0 atom stereocenters. The number of aromatic nitrogens is 2. The van der Waals surface area contributed by atoms with E-state index in [4.69, 9.17) is 9.47 Å². The highest BCUT2D eigenvalue weighted by atomic mass is 16.5. The lowest BCUT2D eigenvalue weighted by atomic mass is 10.1. The van der Waals surface area contributed by atoms with Crippen molar-refractivity contribution < 1.29 is 9.47 Å². The maximum Gasteiger partial charge on any atom is 0.179 e. The minimum atomic E-state index is 0.638. The van der Waals surface area contributed by atoms with Crippen molar-refractivity contribution >= 4 is 23.5 Å². The zero-order chi connectivity index (χ0) is 20.1. The molecule has 0 aromatic carbocycles. The topological polar surface area (TPSA) is 71.5 Å². The summed E-state index contributed by atoms with van der Waals surface area (Å²) in [7, 11) is 3.51. The van der Waals surface area contributed by atoms with Gasteiger partial charge in [0.05, 0.1) is 19.9 Å². The van der Waals surface area contributed by atoms with Gasteiger partial charge < -0.3 is 25.0 Å². The molecule has 2 aromatic heterocycles. The molecule has 0 spiro atoms. The van der Waals surface area contributed by atoms with Crippen LogP contribution in [0.25, 0.3) is 6.08 Å². The monoisotopic (exact) mass is 395 g/mol. The average Bonchev–Trinajstić information content (AvgIpc) is 3.43. The molecule has 4 rings (SSSR count). The van der Waals surface area contributed by atoms with Gasteiger partial charge in [-0.15, -0.1) is 0 Å². The van der Waals surface area contributed by atoms with E-state index in [0.717, 1.165) is 36.6 Å². The van der Waals surface area contributed by atoms with E-state index in [1.54, 1.807) is 13.3 Å². The molecule has 2 aromatic rings. The number of methoxy groups -OCH3 is 1. The predicted molar refractivity (Wildman–Crippen MR) is 116 cm³/mol. The Balaban J connectivity index is 1.45. The van der Waals surface area contributed by atoms with Crippen molar-refractivity contribution in [1.82, 2.24) is 14.9 Å². The van der Waals surface area contributed by atoms with E-state index in [-0.39, 0.29) is 0 Å². The lowest BCUT2D eigenvalue weighted by molar-refractivity contribution is 0.254. The van der Waals surface area contributed by atoms with Gasteiger partial charge in [0.1, 0.15) is 17.5 Å². The molecule has 7 nitrogen and oxygen atoms in total. The van der Waals surface area contributed by atoms with Gasteiger partial charge in [-0.3, -0.25) is 0 Å². The first-order valence-corrected chi connectivity index (χ1v) is 10.3. The molecule has 0 unspecified atom stereocenters. The fourth-order valence-electron chi connectivity index (χ4n) is 3.85. The number of ether oxygens (including phenoxy) is 2. The van der Waals surface area contributed by atoms with Crippen molar-refractivity contribution in [2.75, 3.05) is 51.0 Å². The third-order valence-corrected chi connectivity index (χ3v) is 5.40. The summed E-state index contributed by atoms with van der Waals surface area (Å²) < 4.78 is 11.5. The van der Waals surface area contributed by atoms with Crippen LogP contribution in [0, 0.1) is 0 Å². The zero-order valence-electron chi connectivity index (χ0n) is 17.2. The van der Waals surface area contributed by atoms with Crippen LogP contribution in [0.2, 0.25) is 0 Å². The third kappa shape index (κ3) is 4.62. The highest BCUT2D eigenvalue weighted by Crippen LogP contribution is 2.33. The minimum Gasteiger partial charge on any atom is -0.491 e. The van der Waals surface area contributed by atoms with Gasteiger partial charge >= 0.3 is 0 Å². The fourth-order valence-corrected chi connectivity index (χ4v) is 3.85. The average molecular weight is 396 g/mol. The zero-order valence-corrected chi connectivity index (χ0v) is 17.2. The molecule has 0 bridgehead atoms. The van der Waals surface area contributed by atoms with Gasteiger partial charge in [0.25, 0.3) is 0 Å². The third-order valence-electron chi connectivity index (χ3n) is 5.40. The van der Waals surface area contributed by atoms with Gasteiger partial charge in [-0.05, 0) is 50.4 Å². The van der Waals surface area contributed by atoms with Gasteiger partial charge in [-0.1, -0.05) is 12.2 Å². The van der Waals surface area contributed by atoms with Crippen LogP contribution >= 0.6 is 0 Å². The van der Waals surface area contributed by atoms with Crippen molar-refractivity contribution in [3.63, 3.8) is 0 Å². The van der Waals surface area contributed by atoms with Crippen LogP contribution in [0.3, 0.4) is 0 Å². The lowest BCUT2D eigenvalue weighted by Crippen LogP contribution is -2.22. The SMILES string of the molecule is CNc1cc2c(c(Nc3cc(OCCCN4CCCC4)c(OC)cn3)n1)C=CC2. The summed E-state index contributed by atoms with van der Waals surface area (Å²) in [6.07, 6.45) is 10.5. The summed E-state index contributed by atoms with van der Waals surface area (Å²) in [5, 5.41) is 6.47. The molecule has 29 heavy (non-hydrogen) atoms. The van der Waals surface area contributed by atoms with Crippen LogP contribution in [0.4, 0.5) is 17.5 Å². The number of rotatable bonds is 9. The summed E-state index contributed by atoms with van der Waals surface area (Å²) >= 11 is 0. The first kappa shape index (κ1) is 19.5. The second-order valence-electron chi connectivity index (χ2n) is 7.38. The van der Waals surface area contributed by atoms with Gasteiger partial charge in [0.2, 0.25) is 0 Å². The Hall–Kier alpha value is -2.80. The number of hydrogen-bond donors (Lipinski definition) is 2. The molecule has 1 aliphatic carbocycles. The smallest absolute Gasteiger partial charge is 0.179 e. The number of anilines is 3. The van der Waals surface area contributed by atoms with Crippen LogP contribution in [0.1, 0.15) is 30.4 Å². The molecule has 7 heteroatoms. The highest BCUT2D eigenvalue weighted by Gasteiger charge is 2.16. The Morgan fingerprint density at radius 3 is 2.79 bits per heavy atom. The van der Waals surface area contributed by atoms with E-state index in [9.17, 15) is 0 Å². The molecule has 0 radical (unpaired) electrons. The number of pyridine rings is 2. The van der Waals surface area contributed by atoms with E-state index in [2.05, 4.69) is 43.7 Å². The first-order chi connectivity index (χ1) is 14.3. The normalized spacial score (nSPS) is 15.4. The summed E-state index contributed by atoms with van der Waals surface area (Å²) in [5.41, 5.74) is 2.36. The standard InChI is InChI=1S/C22H29N5O2/c1-23-20-13-16-7-5-8-17(16)22(25-20)26-21-14-18(19(28-2)15-24-21)29-12-6-11-27-9-3-4-10-27/h5,8,13-15H,3-4,6-7,9-12H2,1-2H3,(H2,23,24,25,26). The molecule has 3 heterocycles. The van der Waals surface area contributed by atoms with Gasteiger partial charge in [-0.2, -0.15) is 0 Å². The molecule has 1 saturated heterocycles. The maximum atomic E-state index is 6.03. The van der Waals surface area contributed by atoms with Crippen LogP contribution in [0.5, 0.6) is 11.5 Å². The number of nitrogens with one attached hydrogen (secondary N) is 2. The number of hydrogen-bond acceptors (Lipinski definition) is 7. The first-order valence-electron chi connectivity index (χ1n) is 10.3. The molecule has 0 amide bonds. The fraction of sp³-hybridized carbons (Fsp3) is 0.455. The summed E-state index contributed by atoms with van der Waals surface area (Å²) in [5.74, 6) is 3.64. The van der Waals surface area contributed by atoms with Crippen molar-refractivity contribution in [3.8, 4) is 11.5 Å². The molecule has 1 fully saturated rings. The second kappa shape index (κ2) is 9.13. The Bertz CT molecular complexity index is 878. The molecule has 2 N–H and O–H groups in total. The Morgan fingerprint density at radius 2 is 2.00 bits per heavy atom. The number of likely N-dealkylation sites (tertiary alicyclic amines) is 1. The molecule has 1 aliphatic heterocycles. The Labute approximate surface area is 172 Å². The van der Waals surface area contributed by atoms with E-state index in [1.165, 1.54) is 31.5 Å². The van der Waals surface area contributed by atoms with Gasteiger partial charge in [-0.25, -0.2) is 9.97 Å². The van der Waals surface area contributed by atoms with Crippen molar-refractivity contribution in [1.29, 1.82) is 0 Å². The quantitative estimate of drug-likeness (QED) is 0.627. The highest BCUT2D eigenvalue weighted by molar-refractivity contribution is 5.75. The summed E-state index contributed by atoms with van der Waals surface area (Å²) in [4.78, 5) is 11.6. The van der Waals surface area contributed by atoms with Crippen LogP contribution in [0.15, 0.2) is 24.4 Å². The number of nitrogens with zero attached hydrogens (tertiary/aromatic N) is 3. The molecular formula is C22H29N5O2. The van der Waals surface area contributed by atoms with Crippen molar-refractivity contribution in [2.45, 2.75) is 25.7 Å². The predicted octanol–water partition coefficient (Wildman–Crippen LogP) is 3.70. The van der Waals surface area contributed by atoms with Gasteiger partial charge in [0, 0.05) is 25.2 Å². The van der Waals surface area contributed by atoms with Gasteiger partial charge in [0.15, 0.2) is 11.5 Å². The van der Waals surface area contributed by atoms with Crippen LogP contribution < -0.4 is 20.1 Å². The summed E-state index contributed by atoms with van der Waals surface area (Å²) in [6.45, 7) is 4.16. The van der Waals surface area contributed by atoms with Crippen LogP contribution in [-0.4, -0.2) is 55.3 Å².